The molecule has 0 unspecified atom stereocenters. The fraction of sp³-hybridized carbons (Fsp3) is 0.300. The monoisotopic (exact) mass is 738 g/mol. The molecule has 3 aliphatic rings. The van der Waals surface area contributed by atoms with E-state index in [4.69, 9.17) is 29.2 Å². The number of nitrogens with zero attached hydrogens (tertiary/aromatic N) is 2. The summed E-state index contributed by atoms with van der Waals surface area (Å²) in [5.41, 5.74) is 5.61. The summed E-state index contributed by atoms with van der Waals surface area (Å²) in [7, 11) is 4.71. The zero-order valence-corrected chi connectivity index (χ0v) is 30.2. The molecule has 0 radical (unpaired) electrons. The van der Waals surface area contributed by atoms with Gasteiger partial charge in [0, 0.05) is 46.0 Å². The number of benzene rings is 4. The van der Waals surface area contributed by atoms with Crippen molar-refractivity contribution in [1.29, 1.82) is 0 Å². The average molecular weight is 739 g/mol. The summed E-state index contributed by atoms with van der Waals surface area (Å²) in [6, 6.07) is 21.5. The highest BCUT2D eigenvalue weighted by atomic mass is 16.5. The molecule has 2 heterocycles. The second-order valence-electron chi connectivity index (χ2n) is 12.9. The fourth-order valence-corrected chi connectivity index (χ4v) is 6.70. The number of carbonyl (C=O) groups excluding carboxylic acids is 2. The highest BCUT2D eigenvalue weighted by Crippen LogP contribution is 2.39. The normalized spacial score (nSPS) is 14.5. The highest BCUT2D eigenvalue weighted by molar-refractivity contribution is 6.11. The van der Waals surface area contributed by atoms with Crippen LogP contribution in [0.15, 0.2) is 72.8 Å². The van der Waals surface area contributed by atoms with Gasteiger partial charge in [0.25, 0.3) is 11.8 Å². The van der Waals surface area contributed by atoms with E-state index in [1.807, 2.05) is 30.3 Å². The smallest absolute Gasteiger partial charge is 0.322 e. The number of nitrogens with one attached hydrogen (secondary N) is 2. The predicted octanol–water partition coefficient (Wildman–Crippen LogP) is 6.03. The number of carboxylic acids is 2. The Bertz CT molecular complexity index is 2060. The lowest BCUT2D eigenvalue weighted by molar-refractivity contribution is -0.135. The molecule has 0 atom stereocenters. The SMILES string of the molecule is COc1ccc(N2Cc3ccc(NCC(=O)O)cc3C2=O)cc1OC.COc1ccc(N2Cc3ccc(NCC(=O)O)cc3C2=O)cc1OC1CCCC1. The van der Waals surface area contributed by atoms with Gasteiger partial charge in [-0.15, -0.1) is 0 Å². The first-order valence-corrected chi connectivity index (χ1v) is 17.5. The molecule has 0 saturated heterocycles. The Morgan fingerprint density at radius 3 is 1.52 bits per heavy atom. The van der Waals surface area contributed by atoms with Gasteiger partial charge in [-0.2, -0.15) is 0 Å². The standard InChI is InChI=1S/C22H24N2O5.C18H18N2O5/c1-28-19-9-8-16(11-20(19)29-17-4-2-3-5-17)24-13-14-6-7-15(23-12-21(25)26)10-18(14)22(24)27;1-24-15-6-5-13(8-16(15)25-2)20-10-11-3-4-12(19-9-17(21)22)7-14(11)18(20)23/h6-11,17,23H,2-5,12-13H2,1H3,(H,25,26);3-8,19H,9-10H2,1-2H3,(H,21,22). The Kier molecular flexibility index (Phi) is 11.4. The number of carboxylic acid groups (broad SMARTS) is 2. The van der Waals surface area contributed by atoms with Crippen LogP contribution >= 0.6 is 0 Å². The summed E-state index contributed by atoms with van der Waals surface area (Å²) in [5, 5.41) is 23.1. The molecule has 14 nitrogen and oxygen atoms in total. The lowest BCUT2D eigenvalue weighted by Crippen LogP contribution is -2.23. The second-order valence-corrected chi connectivity index (χ2v) is 12.9. The predicted molar refractivity (Wildman–Crippen MR) is 202 cm³/mol. The van der Waals surface area contributed by atoms with Crippen molar-refractivity contribution in [2.24, 2.45) is 0 Å². The molecule has 2 aliphatic heterocycles. The Balaban J connectivity index is 0.000000186. The van der Waals surface area contributed by atoms with Crippen molar-refractivity contribution in [2.45, 2.75) is 44.9 Å². The Labute approximate surface area is 312 Å². The van der Waals surface area contributed by atoms with Crippen LogP contribution in [0.5, 0.6) is 23.0 Å². The molecule has 54 heavy (non-hydrogen) atoms. The second kappa shape index (κ2) is 16.5. The van der Waals surface area contributed by atoms with Gasteiger partial charge in [0.2, 0.25) is 0 Å². The maximum absolute atomic E-state index is 13.0. The van der Waals surface area contributed by atoms with E-state index in [0.717, 1.165) is 29.7 Å². The number of amides is 2. The van der Waals surface area contributed by atoms with Crippen LogP contribution in [0.1, 0.15) is 57.5 Å². The number of hydrogen-bond acceptors (Lipinski definition) is 10. The van der Waals surface area contributed by atoms with Crippen LogP contribution in [-0.2, 0) is 22.7 Å². The molecular weight excluding hydrogens is 696 g/mol. The number of fused-ring (bicyclic) bond motifs is 2. The lowest BCUT2D eigenvalue weighted by atomic mass is 10.1. The number of methoxy groups -OCH3 is 3. The third-order valence-corrected chi connectivity index (χ3v) is 9.45. The quantitative estimate of drug-likeness (QED) is 0.125. The Hall–Kier alpha value is -6.44. The van der Waals surface area contributed by atoms with E-state index in [1.165, 1.54) is 12.8 Å². The summed E-state index contributed by atoms with van der Waals surface area (Å²) >= 11 is 0. The van der Waals surface area contributed by atoms with E-state index in [0.29, 0.717) is 64.3 Å². The van der Waals surface area contributed by atoms with E-state index >= 15 is 0 Å². The molecule has 4 aromatic rings. The van der Waals surface area contributed by atoms with Crippen molar-refractivity contribution in [3.05, 3.63) is 95.1 Å². The zero-order valence-electron chi connectivity index (χ0n) is 30.2. The molecule has 0 bridgehead atoms. The van der Waals surface area contributed by atoms with Gasteiger partial charge in [-0.3, -0.25) is 19.2 Å². The molecule has 4 N–H and O–H groups in total. The molecule has 4 aromatic carbocycles. The first-order valence-electron chi connectivity index (χ1n) is 17.5. The van der Waals surface area contributed by atoms with Gasteiger partial charge in [-0.1, -0.05) is 12.1 Å². The van der Waals surface area contributed by atoms with Crippen LogP contribution < -0.4 is 39.4 Å². The van der Waals surface area contributed by atoms with Crippen LogP contribution in [0, 0.1) is 0 Å². The summed E-state index contributed by atoms with van der Waals surface area (Å²) in [4.78, 5) is 50.5. The molecule has 0 spiro atoms. The van der Waals surface area contributed by atoms with E-state index in [9.17, 15) is 19.2 Å². The fourth-order valence-electron chi connectivity index (χ4n) is 6.70. The first-order chi connectivity index (χ1) is 26.1. The summed E-state index contributed by atoms with van der Waals surface area (Å²) in [6.45, 7) is 0.509. The molecule has 282 valence electrons. The maximum atomic E-state index is 13.0. The number of rotatable bonds is 13. The molecule has 0 aromatic heterocycles. The van der Waals surface area contributed by atoms with Crippen LogP contribution in [0.3, 0.4) is 0 Å². The third-order valence-electron chi connectivity index (χ3n) is 9.45. The van der Waals surface area contributed by atoms with Crippen LogP contribution in [0.25, 0.3) is 0 Å². The lowest BCUT2D eigenvalue weighted by Gasteiger charge is -2.20. The van der Waals surface area contributed by atoms with E-state index < -0.39 is 11.9 Å². The number of carbonyl (C=O) groups is 4. The van der Waals surface area contributed by atoms with Crippen molar-refractivity contribution in [3.8, 4) is 23.0 Å². The first kappa shape index (κ1) is 37.3. The van der Waals surface area contributed by atoms with Crippen molar-refractivity contribution in [3.63, 3.8) is 0 Å². The minimum Gasteiger partial charge on any atom is -0.493 e. The highest BCUT2D eigenvalue weighted by Gasteiger charge is 2.31. The largest absolute Gasteiger partial charge is 0.493 e. The maximum Gasteiger partial charge on any atom is 0.322 e. The molecular formula is C40H42N4O10. The number of ether oxygens (including phenoxy) is 4. The van der Waals surface area contributed by atoms with Crippen LogP contribution in [0.4, 0.5) is 22.7 Å². The van der Waals surface area contributed by atoms with Gasteiger partial charge in [0.05, 0.1) is 40.5 Å². The minimum atomic E-state index is -0.959. The van der Waals surface area contributed by atoms with Crippen molar-refractivity contribution in [2.75, 3.05) is 54.9 Å². The zero-order chi connectivity index (χ0) is 38.4. The van der Waals surface area contributed by atoms with Crippen LogP contribution in [-0.4, -0.2) is 74.5 Å². The Morgan fingerprint density at radius 2 is 1.07 bits per heavy atom. The molecule has 1 fully saturated rings. The topological polar surface area (TPSA) is 176 Å². The number of aliphatic carboxylic acids is 2. The van der Waals surface area contributed by atoms with E-state index in [-0.39, 0.29) is 31.0 Å². The van der Waals surface area contributed by atoms with Crippen LogP contribution in [0.2, 0.25) is 0 Å². The van der Waals surface area contributed by atoms with E-state index in [1.54, 1.807) is 73.6 Å². The Morgan fingerprint density at radius 1 is 0.630 bits per heavy atom. The van der Waals surface area contributed by atoms with E-state index in [2.05, 4.69) is 10.6 Å². The summed E-state index contributed by atoms with van der Waals surface area (Å²) < 4.78 is 22.1. The molecule has 1 aliphatic carbocycles. The average Bonchev–Trinajstić information content (AvgIpc) is 3.90. The molecule has 1 saturated carbocycles. The minimum absolute atomic E-state index is 0.115. The van der Waals surface area contributed by atoms with Gasteiger partial charge in [-0.05, 0) is 85.3 Å². The van der Waals surface area contributed by atoms with Gasteiger partial charge >= 0.3 is 11.9 Å². The van der Waals surface area contributed by atoms with Gasteiger partial charge < -0.3 is 49.6 Å². The van der Waals surface area contributed by atoms with Crippen molar-refractivity contribution >= 4 is 46.5 Å². The van der Waals surface area contributed by atoms with Gasteiger partial charge in [0.1, 0.15) is 13.1 Å². The summed E-state index contributed by atoms with van der Waals surface area (Å²) in [5.74, 6) is 0.292. The number of hydrogen-bond donors (Lipinski definition) is 4. The van der Waals surface area contributed by atoms with Gasteiger partial charge in [0.15, 0.2) is 23.0 Å². The van der Waals surface area contributed by atoms with Gasteiger partial charge in [-0.25, -0.2) is 0 Å². The number of anilines is 4. The molecule has 7 rings (SSSR count). The third kappa shape index (κ3) is 8.27. The molecule has 2 amide bonds. The summed E-state index contributed by atoms with van der Waals surface area (Å²) in [6.07, 6.45) is 4.60. The van der Waals surface area contributed by atoms with Crippen molar-refractivity contribution < 1.29 is 48.3 Å². The molecule has 14 heteroatoms. The van der Waals surface area contributed by atoms with Crippen molar-refractivity contribution in [1.82, 2.24) is 0 Å².